The average Bonchev–Trinajstić information content (AvgIpc) is 2.73. The van der Waals surface area contributed by atoms with E-state index in [2.05, 4.69) is 22.5 Å². The third kappa shape index (κ3) is 2.48. The number of rotatable bonds is 2. The van der Waals surface area contributed by atoms with Gasteiger partial charge in [0.15, 0.2) is 0 Å². The largest absolute Gasteiger partial charge is 0.350 e. The Morgan fingerprint density at radius 2 is 2.06 bits per heavy atom. The number of anilines is 1. The van der Waals surface area contributed by atoms with E-state index in [1.165, 1.54) is 42.6 Å². The molecule has 2 N–H and O–H groups in total. The summed E-state index contributed by atoms with van der Waals surface area (Å²) in [5.74, 6) is 0.835. The maximum Gasteiger partial charge on any atom is 0.223 e. The number of aryl methyl sites for hydroxylation is 2. The third-order valence-corrected chi connectivity index (χ3v) is 4.03. The second-order valence-electron chi connectivity index (χ2n) is 5.45. The first-order valence-electron chi connectivity index (χ1n) is 7.16. The predicted octanol–water partition coefficient (Wildman–Crippen LogP) is 1.83. The van der Waals surface area contributed by atoms with Crippen molar-refractivity contribution in [2.75, 3.05) is 18.4 Å². The predicted molar refractivity (Wildman–Crippen MR) is 72.9 cm³/mol. The summed E-state index contributed by atoms with van der Waals surface area (Å²) in [6.07, 6.45) is 7.33. The highest BCUT2D eigenvalue weighted by Gasteiger charge is 2.18. The Balaban J connectivity index is 1.82. The zero-order valence-corrected chi connectivity index (χ0v) is 11.1. The minimum Gasteiger partial charge on any atom is -0.350 e. The minimum absolute atomic E-state index is 0.494. The van der Waals surface area contributed by atoms with E-state index in [1.807, 2.05) is 0 Å². The minimum atomic E-state index is 0.494. The van der Waals surface area contributed by atoms with Crippen LogP contribution in [0.2, 0.25) is 0 Å². The van der Waals surface area contributed by atoms with Crippen LogP contribution in [0, 0.1) is 6.92 Å². The van der Waals surface area contributed by atoms with Gasteiger partial charge in [0.05, 0.1) is 0 Å². The molecule has 1 unspecified atom stereocenters. The number of aromatic nitrogens is 2. The average molecular weight is 246 g/mol. The van der Waals surface area contributed by atoms with Gasteiger partial charge in [0.2, 0.25) is 5.95 Å². The Morgan fingerprint density at radius 1 is 1.17 bits per heavy atom. The molecule has 0 saturated carbocycles. The molecule has 1 fully saturated rings. The highest BCUT2D eigenvalue weighted by atomic mass is 15.1. The van der Waals surface area contributed by atoms with Crippen molar-refractivity contribution in [2.24, 2.45) is 0 Å². The second kappa shape index (κ2) is 5.22. The van der Waals surface area contributed by atoms with Crippen molar-refractivity contribution >= 4 is 5.95 Å². The van der Waals surface area contributed by atoms with Gasteiger partial charge < -0.3 is 10.6 Å². The van der Waals surface area contributed by atoms with Crippen LogP contribution in [-0.4, -0.2) is 29.1 Å². The zero-order chi connectivity index (χ0) is 12.4. The lowest BCUT2D eigenvalue weighted by Crippen LogP contribution is -2.24. The summed E-state index contributed by atoms with van der Waals surface area (Å²) in [5, 5.41) is 6.83. The lowest BCUT2D eigenvalue weighted by Gasteiger charge is -2.15. The van der Waals surface area contributed by atoms with Crippen molar-refractivity contribution in [1.82, 2.24) is 15.3 Å². The first kappa shape index (κ1) is 11.9. The molecule has 18 heavy (non-hydrogen) atoms. The molecule has 98 valence electrons. The van der Waals surface area contributed by atoms with Crippen molar-refractivity contribution in [3.63, 3.8) is 0 Å². The van der Waals surface area contributed by atoms with E-state index in [1.54, 1.807) is 0 Å². The zero-order valence-electron chi connectivity index (χ0n) is 11.1. The van der Waals surface area contributed by atoms with Crippen LogP contribution >= 0.6 is 0 Å². The van der Waals surface area contributed by atoms with E-state index in [9.17, 15) is 0 Å². The molecule has 1 aliphatic carbocycles. The first-order chi connectivity index (χ1) is 8.83. The summed E-state index contributed by atoms with van der Waals surface area (Å²) in [7, 11) is 0. The summed E-state index contributed by atoms with van der Waals surface area (Å²) in [6.45, 7) is 4.25. The van der Waals surface area contributed by atoms with Crippen LogP contribution < -0.4 is 10.6 Å². The summed E-state index contributed by atoms with van der Waals surface area (Å²) in [5.41, 5.74) is 3.87. The number of hydrogen-bond acceptors (Lipinski definition) is 4. The maximum absolute atomic E-state index is 4.75. The number of hydrogen-bond donors (Lipinski definition) is 2. The lowest BCUT2D eigenvalue weighted by molar-refractivity contribution is 0.708. The molecule has 1 atom stereocenters. The summed E-state index contributed by atoms with van der Waals surface area (Å²) < 4.78 is 0. The van der Waals surface area contributed by atoms with Crippen LogP contribution in [-0.2, 0) is 12.8 Å². The van der Waals surface area contributed by atoms with Crippen molar-refractivity contribution in [3.05, 3.63) is 17.0 Å². The standard InChI is InChI=1S/C14H22N4/c1-10-12-5-3-2-4-6-13(12)18-14(16-10)17-11-7-8-15-9-11/h11,15H,2-9H2,1H3,(H,16,17,18). The Kier molecular flexibility index (Phi) is 3.46. The van der Waals surface area contributed by atoms with E-state index < -0.39 is 0 Å². The molecule has 4 heteroatoms. The van der Waals surface area contributed by atoms with Crippen molar-refractivity contribution in [3.8, 4) is 0 Å². The molecule has 1 aromatic heterocycles. The van der Waals surface area contributed by atoms with Gasteiger partial charge in [0, 0.05) is 24.0 Å². The fourth-order valence-corrected chi connectivity index (χ4v) is 2.98. The van der Waals surface area contributed by atoms with Gasteiger partial charge in [0.25, 0.3) is 0 Å². The van der Waals surface area contributed by atoms with Crippen LogP contribution in [0.1, 0.15) is 42.6 Å². The Bertz CT molecular complexity index is 424. The van der Waals surface area contributed by atoms with Crippen molar-refractivity contribution in [1.29, 1.82) is 0 Å². The number of nitrogens with one attached hydrogen (secondary N) is 2. The van der Waals surface area contributed by atoms with E-state index in [-0.39, 0.29) is 0 Å². The Morgan fingerprint density at radius 3 is 2.89 bits per heavy atom. The second-order valence-corrected chi connectivity index (χ2v) is 5.45. The molecule has 1 saturated heterocycles. The number of fused-ring (bicyclic) bond motifs is 1. The lowest BCUT2D eigenvalue weighted by atomic mass is 10.1. The monoisotopic (exact) mass is 246 g/mol. The highest BCUT2D eigenvalue weighted by Crippen LogP contribution is 2.22. The molecule has 2 heterocycles. The number of nitrogens with zero attached hydrogens (tertiary/aromatic N) is 2. The van der Waals surface area contributed by atoms with Crippen molar-refractivity contribution in [2.45, 2.75) is 51.5 Å². The molecular weight excluding hydrogens is 224 g/mol. The molecule has 3 rings (SSSR count). The maximum atomic E-state index is 4.75. The van der Waals surface area contributed by atoms with Crippen molar-refractivity contribution < 1.29 is 0 Å². The molecule has 0 aromatic carbocycles. The van der Waals surface area contributed by atoms with Gasteiger partial charge in [-0.3, -0.25) is 0 Å². The molecular formula is C14H22N4. The fraction of sp³-hybridized carbons (Fsp3) is 0.714. The van der Waals surface area contributed by atoms with Crippen LogP contribution in [0.4, 0.5) is 5.95 Å². The van der Waals surface area contributed by atoms with Crippen LogP contribution in [0.5, 0.6) is 0 Å². The SMILES string of the molecule is Cc1nc(NC2CCNC2)nc2c1CCCCC2. The molecule has 1 aliphatic heterocycles. The van der Waals surface area contributed by atoms with E-state index in [0.29, 0.717) is 6.04 Å². The normalized spacial score (nSPS) is 23.5. The molecule has 2 aliphatic rings. The Hall–Kier alpha value is -1.16. The fourth-order valence-electron chi connectivity index (χ4n) is 2.98. The van der Waals surface area contributed by atoms with Gasteiger partial charge in [-0.1, -0.05) is 6.42 Å². The van der Waals surface area contributed by atoms with Gasteiger partial charge in [0.1, 0.15) is 0 Å². The van der Waals surface area contributed by atoms with Gasteiger partial charge in [-0.15, -0.1) is 0 Å². The quantitative estimate of drug-likeness (QED) is 0.782. The molecule has 0 radical (unpaired) electrons. The third-order valence-electron chi connectivity index (χ3n) is 4.03. The first-order valence-corrected chi connectivity index (χ1v) is 7.16. The van der Waals surface area contributed by atoms with Gasteiger partial charge >= 0.3 is 0 Å². The van der Waals surface area contributed by atoms with Gasteiger partial charge in [-0.25, -0.2) is 9.97 Å². The summed E-state index contributed by atoms with van der Waals surface area (Å²) in [6, 6.07) is 0.494. The van der Waals surface area contributed by atoms with Crippen LogP contribution in [0.3, 0.4) is 0 Å². The molecule has 4 nitrogen and oxygen atoms in total. The molecule has 0 spiro atoms. The summed E-state index contributed by atoms with van der Waals surface area (Å²) in [4.78, 5) is 9.39. The van der Waals surface area contributed by atoms with E-state index in [0.717, 1.165) is 31.9 Å². The highest BCUT2D eigenvalue weighted by molar-refractivity contribution is 5.36. The van der Waals surface area contributed by atoms with Crippen LogP contribution in [0.25, 0.3) is 0 Å². The molecule has 0 bridgehead atoms. The summed E-state index contributed by atoms with van der Waals surface area (Å²) >= 11 is 0. The Labute approximate surface area is 109 Å². The topological polar surface area (TPSA) is 49.8 Å². The van der Waals surface area contributed by atoms with Gasteiger partial charge in [-0.05, 0) is 51.1 Å². The van der Waals surface area contributed by atoms with E-state index >= 15 is 0 Å². The molecule has 0 amide bonds. The van der Waals surface area contributed by atoms with E-state index in [4.69, 9.17) is 4.98 Å². The molecule has 1 aromatic rings. The van der Waals surface area contributed by atoms with Crippen LogP contribution in [0.15, 0.2) is 0 Å². The smallest absolute Gasteiger partial charge is 0.223 e. The van der Waals surface area contributed by atoms with Gasteiger partial charge in [-0.2, -0.15) is 0 Å².